The van der Waals surface area contributed by atoms with Crippen molar-refractivity contribution in [3.8, 4) is 5.75 Å². The van der Waals surface area contributed by atoms with Gasteiger partial charge >= 0.3 is 6.18 Å². The summed E-state index contributed by atoms with van der Waals surface area (Å²) in [6.07, 6.45) is -4.37. The number of alkyl halides is 3. The van der Waals surface area contributed by atoms with Crippen molar-refractivity contribution in [3.63, 3.8) is 0 Å². The number of rotatable bonds is 4. The van der Waals surface area contributed by atoms with Gasteiger partial charge in [0.1, 0.15) is 5.75 Å². The van der Waals surface area contributed by atoms with Gasteiger partial charge in [0.15, 0.2) is 0 Å². The van der Waals surface area contributed by atoms with Crippen molar-refractivity contribution in [2.45, 2.75) is 26.2 Å². The van der Waals surface area contributed by atoms with Gasteiger partial charge in [0.25, 0.3) is 0 Å². The molecule has 118 valence electrons. The second kappa shape index (κ2) is 6.36. The van der Waals surface area contributed by atoms with Gasteiger partial charge in [0.05, 0.1) is 11.3 Å². The molecule has 0 radical (unpaired) electrons. The highest BCUT2D eigenvalue weighted by Gasteiger charge is 2.33. The monoisotopic (exact) mass is 310 g/mol. The summed E-state index contributed by atoms with van der Waals surface area (Å²) < 4.78 is 38.9. The van der Waals surface area contributed by atoms with Crippen LogP contribution < -0.4 is 0 Å². The molecule has 0 saturated carbocycles. The number of nitrogens with zero attached hydrogens (tertiary/aromatic N) is 2. The molecule has 2 rings (SSSR count). The van der Waals surface area contributed by atoms with Crippen LogP contribution in [0, 0.1) is 6.92 Å². The van der Waals surface area contributed by atoms with Gasteiger partial charge in [-0.15, -0.1) is 0 Å². The first-order valence-electron chi connectivity index (χ1n) is 6.76. The van der Waals surface area contributed by atoms with Crippen LogP contribution in [0.2, 0.25) is 0 Å². The van der Waals surface area contributed by atoms with Gasteiger partial charge in [0.2, 0.25) is 0 Å². The van der Waals surface area contributed by atoms with E-state index in [2.05, 4.69) is 4.98 Å². The minimum atomic E-state index is -4.37. The largest absolute Gasteiger partial charge is 0.506 e. The molecular weight excluding hydrogens is 293 g/mol. The number of halogens is 3. The van der Waals surface area contributed by atoms with Crippen LogP contribution in [-0.2, 0) is 19.3 Å². The van der Waals surface area contributed by atoms with Gasteiger partial charge in [-0.3, -0.25) is 9.88 Å². The molecule has 0 saturated heterocycles. The van der Waals surface area contributed by atoms with E-state index in [1.165, 1.54) is 18.2 Å². The molecule has 1 aromatic carbocycles. The van der Waals surface area contributed by atoms with E-state index in [9.17, 15) is 18.3 Å². The molecule has 1 aromatic heterocycles. The first-order chi connectivity index (χ1) is 10.3. The minimum Gasteiger partial charge on any atom is -0.506 e. The van der Waals surface area contributed by atoms with Gasteiger partial charge in [0, 0.05) is 18.8 Å². The number of aromatic hydroxyl groups is 1. The molecule has 1 heterocycles. The molecule has 0 unspecified atom stereocenters. The Balaban J connectivity index is 2.16. The molecule has 0 aliphatic rings. The Kier molecular flexibility index (Phi) is 4.71. The number of aromatic nitrogens is 1. The highest BCUT2D eigenvalue weighted by molar-refractivity contribution is 5.30. The summed E-state index contributed by atoms with van der Waals surface area (Å²) in [5, 5.41) is 9.76. The van der Waals surface area contributed by atoms with E-state index in [0.717, 1.165) is 11.8 Å². The van der Waals surface area contributed by atoms with Crippen LogP contribution in [0.1, 0.15) is 22.5 Å². The van der Waals surface area contributed by atoms with Gasteiger partial charge < -0.3 is 5.11 Å². The van der Waals surface area contributed by atoms with Crippen molar-refractivity contribution in [2.24, 2.45) is 0 Å². The Labute approximate surface area is 127 Å². The molecular formula is C16H17F3N2O. The van der Waals surface area contributed by atoms with E-state index in [1.807, 2.05) is 0 Å². The average Bonchev–Trinajstić information content (AvgIpc) is 2.42. The van der Waals surface area contributed by atoms with Crippen LogP contribution in [-0.4, -0.2) is 22.0 Å². The molecule has 0 aliphatic carbocycles. The number of hydrogen-bond acceptors (Lipinski definition) is 3. The Bertz CT molecular complexity index is 656. The lowest BCUT2D eigenvalue weighted by Crippen LogP contribution is -2.21. The molecule has 0 amide bonds. The first-order valence-corrected chi connectivity index (χ1v) is 6.76. The number of aryl methyl sites for hydroxylation is 1. The fourth-order valence-electron chi connectivity index (χ4n) is 2.26. The van der Waals surface area contributed by atoms with Gasteiger partial charge in [-0.2, -0.15) is 13.2 Å². The molecule has 6 heteroatoms. The Morgan fingerprint density at radius 3 is 2.45 bits per heavy atom. The molecule has 1 N–H and O–H groups in total. The van der Waals surface area contributed by atoms with Crippen molar-refractivity contribution < 1.29 is 18.3 Å². The Morgan fingerprint density at radius 1 is 1.09 bits per heavy atom. The highest BCUT2D eigenvalue weighted by atomic mass is 19.4. The van der Waals surface area contributed by atoms with Crippen molar-refractivity contribution >= 4 is 0 Å². The second-order valence-electron chi connectivity index (χ2n) is 5.25. The molecule has 22 heavy (non-hydrogen) atoms. The highest BCUT2D eigenvalue weighted by Crippen LogP contribution is 2.32. The normalized spacial score (nSPS) is 11.9. The van der Waals surface area contributed by atoms with Crippen molar-refractivity contribution in [2.75, 3.05) is 7.05 Å². The van der Waals surface area contributed by atoms with Crippen LogP contribution in [0.25, 0.3) is 0 Å². The standard InChI is InChI=1S/C16H17F3N2O/c1-11-7-8-15(22)14(20-11)10-21(2)9-12-5-3-4-6-13(12)16(17,18)19/h3-8,22H,9-10H2,1-2H3. The molecule has 0 atom stereocenters. The van der Waals surface area contributed by atoms with Gasteiger partial charge in [-0.25, -0.2) is 0 Å². The summed E-state index contributed by atoms with van der Waals surface area (Å²) >= 11 is 0. The van der Waals surface area contributed by atoms with Gasteiger partial charge in [-0.1, -0.05) is 18.2 Å². The average molecular weight is 310 g/mol. The van der Waals surface area contributed by atoms with Crippen LogP contribution >= 0.6 is 0 Å². The lowest BCUT2D eigenvalue weighted by atomic mass is 10.1. The van der Waals surface area contributed by atoms with E-state index >= 15 is 0 Å². The third-order valence-electron chi connectivity index (χ3n) is 3.27. The molecule has 0 spiro atoms. The zero-order valence-corrected chi connectivity index (χ0v) is 12.4. The first kappa shape index (κ1) is 16.3. The van der Waals surface area contributed by atoms with E-state index < -0.39 is 11.7 Å². The maximum absolute atomic E-state index is 13.0. The topological polar surface area (TPSA) is 36.4 Å². The summed E-state index contributed by atoms with van der Waals surface area (Å²) in [5.74, 6) is 0.0431. The lowest BCUT2D eigenvalue weighted by Gasteiger charge is -2.20. The SMILES string of the molecule is Cc1ccc(O)c(CN(C)Cc2ccccc2C(F)(F)F)n1. The van der Waals surface area contributed by atoms with Crippen molar-refractivity contribution in [3.05, 3.63) is 58.9 Å². The van der Waals surface area contributed by atoms with Crippen LogP contribution in [0.3, 0.4) is 0 Å². The number of pyridine rings is 1. The Hall–Kier alpha value is -2.08. The van der Waals surface area contributed by atoms with Crippen LogP contribution in [0.5, 0.6) is 5.75 Å². The van der Waals surface area contributed by atoms with E-state index in [0.29, 0.717) is 5.69 Å². The summed E-state index contributed by atoms with van der Waals surface area (Å²) in [6, 6.07) is 8.71. The molecule has 2 aromatic rings. The molecule has 0 fully saturated rings. The smallest absolute Gasteiger partial charge is 0.416 e. The van der Waals surface area contributed by atoms with Crippen LogP contribution in [0.4, 0.5) is 13.2 Å². The van der Waals surface area contributed by atoms with Crippen molar-refractivity contribution in [1.82, 2.24) is 9.88 Å². The van der Waals surface area contributed by atoms with Crippen molar-refractivity contribution in [1.29, 1.82) is 0 Å². The number of hydrogen-bond donors (Lipinski definition) is 1. The quantitative estimate of drug-likeness (QED) is 0.934. The minimum absolute atomic E-state index is 0.0431. The fraction of sp³-hybridized carbons (Fsp3) is 0.312. The van der Waals surface area contributed by atoms with E-state index in [-0.39, 0.29) is 24.4 Å². The molecule has 3 nitrogen and oxygen atoms in total. The lowest BCUT2D eigenvalue weighted by molar-refractivity contribution is -0.138. The molecule has 0 aliphatic heterocycles. The zero-order chi connectivity index (χ0) is 16.3. The number of benzene rings is 1. The zero-order valence-electron chi connectivity index (χ0n) is 12.4. The Morgan fingerprint density at radius 2 is 1.77 bits per heavy atom. The maximum Gasteiger partial charge on any atom is 0.416 e. The summed E-state index contributed by atoms with van der Waals surface area (Å²) in [7, 11) is 1.69. The molecule has 0 bridgehead atoms. The fourth-order valence-corrected chi connectivity index (χ4v) is 2.26. The maximum atomic E-state index is 13.0. The predicted octanol–water partition coefficient (Wildman–Crippen LogP) is 3.75. The third kappa shape index (κ3) is 3.98. The summed E-state index contributed by atoms with van der Waals surface area (Å²) in [4.78, 5) is 5.90. The summed E-state index contributed by atoms with van der Waals surface area (Å²) in [5.41, 5.74) is 0.761. The second-order valence-corrected chi connectivity index (χ2v) is 5.25. The van der Waals surface area contributed by atoms with Crippen LogP contribution in [0.15, 0.2) is 36.4 Å². The van der Waals surface area contributed by atoms with E-state index in [1.54, 1.807) is 31.0 Å². The van der Waals surface area contributed by atoms with E-state index in [4.69, 9.17) is 0 Å². The predicted molar refractivity (Wildman–Crippen MR) is 77.3 cm³/mol. The third-order valence-corrected chi connectivity index (χ3v) is 3.27. The summed E-state index contributed by atoms with van der Waals surface area (Å²) in [6.45, 7) is 2.17. The van der Waals surface area contributed by atoms with Gasteiger partial charge in [-0.05, 0) is 37.7 Å².